The summed E-state index contributed by atoms with van der Waals surface area (Å²) in [7, 11) is 0. The molecule has 110 valence electrons. The monoisotopic (exact) mass is 342 g/mol. The highest BCUT2D eigenvalue weighted by molar-refractivity contribution is 9.10. The maximum absolute atomic E-state index is 11.9. The molecule has 0 aliphatic carbocycles. The van der Waals surface area contributed by atoms with Crippen molar-refractivity contribution in [2.75, 3.05) is 13.2 Å². The number of halogens is 1. The maximum atomic E-state index is 11.9. The molecule has 2 amide bonds. The van der Waals surface area contributed by atoms with E-state index in [1.165, 1.54) is 0 Å². The molecule has 0 radical (unpaired) electrons. The summed E-state index contributed by atoms with van der Waals surface area (Å²) in [5.74, 6) is -0.619. The second-order valence-corrected chi connectivity index (χ2v) is 5.53. The molecule has 0 aliphatic heterocycles. The van der Waals surface area contributed by atoms with Gasteiger partial charge in [-0.15, -0.1) is 0 Å². The van der Waals surface area contributed by atoms with Crippen molar-refractivity contribution in [3.63, 3.8) is 0 Å². The number of carbonyl (C=O) groups excluding carboxylic acids is 2. The lowest BCUT2D eigenvalue weighted by atomic mass is 10.1. The molecule has 3 N–H and O–H groups in total. The molecule has 1 aromatic rings. The Morgan fingerprint density at radius 1 is 1.30 bits per heavy atom. The van der Waals surface area contributed by atoms with Crippen LogP contribution in [0.2, 0.25) is 0 Å². The van der Waals surface area contributed by atoms with Gasteiger partial charge in [-0.05, 0) is 40.9 Å². The Morgan fingerprint density at radius 2 is 1.95 bits per heavy atom. The number of hydrogen-bond acceptors (Lipinski definition) is 3. The van der Waals surface area contributed by atoms with Crippen molar-refractivity contribution in [2.45, 2.75) is 19.9 Å². The van der Waals surface area contributed by atoms with E-state index in [9.17, 15) is 9.59 Å². The molecule has 0 heterocycles. The van der Waals surface area contributed by atoms with Crippen LogP contribution in [0, 0.1) is 5.92 Å². The van der Waals surface area contributed by atoms with Gasteiger partial charge in [0.1, 0.15) is 0 Å². The first kappa shape index (κ1) is 16.7. The van der Waals surface area contributed by atoms with Crippen LogP contribution in [-0.2, 0) is 4.79 Å². The lowest BCUT2D eigenvalue weighted by molar-refractivity contribution is -0.121. The number of carbonyl (C=O) groups is 2. The van der Waals surface area contributed by atoms with Crippen molar-refractivity contribution in [3.05, 3.63) is 34.3 Å². The molecule has 0 saturated carbocycles. The Balaban J connectivity index is 2.45. The van der Waals surface area contributed by atoms with E-state index in [1.54, 1.807) is 18.2 Å². The Kier molecular flexibility index (Phi) is 6.67. The van der Waals surface area contributed by atoms with E-state index in [0.717, 1.165) is 0 Å². The topological polar surface area (TPSA) is 78.4 Å². The van der Waals surface area contributed by atoms with Crippen LogP contribution in [0.5, 0.6) is 0 Å². The predicted molar refractivity (Wildman–Crippen MR) is 80.3 cm³/mol. The summed E-state index contributed by atoms with van der Waals surface area (Å²) >= 11 is 3.28. The van der Waals surface area contributed by atoms with Crippen molar-refractivity contribution >= 4 is 27.7 Å². The molecule has 2 atom stereocenters. The Bertz CT molecular complexity index is 479. The lowest BCUT2D eigenvalue weighted by Crippen LogP contribution is -2.43. The Hall–Kier alpha value is -1.40. The molecule has 1 aromatic carbocycles. The van der Waals surface area contributed by atoms with E-state index >= 15 is 0 Å². The van der Waals surface area contributed by atoms with Crippen LogP contribution < -0.4 is 10.6 Å². The quantitative estimate of drug-likeness (QED) is 0.729. The molecule has 2 unspecified atom stereocenters. The van der Waals surface area contributed by atoms with Gasteiger partial charge in [-0.25, -0.2) is 0 Å². The highest BCUT2D eigenvalue weighted by Gasteiger charge is 2.15. The summed E-state index contributed by atoms with van der Waals surface area (Å²) in [5, 5.41) is 14.3. The van der Waals surface area contributed by atoms with Gasteiger partial charge in [0.15, 0.2) is 0 Å². The Morgan fingerprint density at radius 3 is 2.55 bits per heavy atom. The summed E-state index contributed by atoms with van der Waals surface area (Å²) in [6.45, 7) is 3.56. The average Bonchev–Trinajstić information content (AvgIpc) is 2.44. The van der Waals surface area contributed by atoms with Gasteiger partial charge < -0.3 is 15.7 Å². The highest BCUT2D eigenvalue weighted by Crippen LogP contribution is 2.15. The van der Waals surface area contributed by atoms with Crippen LogP contribution in [0.3, 0.4) is 0 Å². The van der Waals surface area contributed by atoms with Gasteiger partial charge in [0.05, 0.1) is 12.1 Å². The molecular formula is C14H19BrN2O3. The number of nitrogens with one attached hydrogen (secondary N) is 2. The molecule has 0 saturated heterocycles. The largest absolute Gasteiger partial charge is 0.396 e. The molecule has 0 fully saturated rings. The summed E-state index contributed by atoms with van der Waals surface area (Å²) in [4.78, 5) is 23.6. The van der Waals surface area contributed by atoms with E-state index < -0.39 is 0 Å². The van der Waals surface area contributed by atoms with Crippen LogP contribution in [0.15, 0.2) is 28.7 Å². The van der Waals surface area contributed by atoms with Gasteiger partial charge in [0.2, 0.25) is 5.91 Å². The summed E-state index contributed by atoms with van der Waals surface area (Å²) in [6, 6.07) is 6.86. The van der Waals surface area contributed by atoms with Gasteiger partial charge in [-0.1, -0.05) is 19.1 Å². The minimum Gasteiger partial charge on any atom is -0.396 e. The van der Waals surface area contributed by atoms with Gasteiger partial charge in [0.25, 0.3) is 5.91 Å². The van der Waals surface area contributed by atoms with Gasteiger partial charge in [0, 0.05) is 17.1 Å². The minimum atomic E-state index is -0.310. The molecule has 0 bridgehead atoms. The van der Waals surface area contributed by atoms with Crippen molar-refractivity contribution < 1.29 is 14.7 Å². The second-order valence-electron chi connectivity index (χ2n) is 4.68. The third-order valence-corrected chi connectivity index (χ3v) is 3.75. The second kappa shape index (κ2) is 8.01. The van der Waals surface area contributed by atoms with Crippen LogP contribution in [-0.4, -0.2) is 36.1 Å². The average molecular weight is 343 g/mol. The molecule has 6 heteroatoms. The zero-order valence-electron chi connectivity index (χ0n) is 11.5. The summed E-state index contributed by atoms with van der Waals surface area (Å²) in [6.07, 6.45) is 0. The van der Waals surface area contributed by atoms with Crippen molar-refractivity contribution in [1.29, 1.82) is 0 Å². The van der Waals surface area contributed by atoms with Gasteiger partial charge in [-0.3, -0.25) is 9.59 Å². The Labute approximate surface area is 126 Å². The molecule has 20 heavy (non-hydrogen) atoms. The number of hydrogen-bond donors (Lipinski definition) is 3. The third kappa shape index (κ3) is 4.94. The summed E-state index contributed by atoms with van der Waals surface area (Å²) in [5.41, 5.74) is 0.483. The first-order valence-electron chi connectivity index (χ1n) is 6.38. The summed E-state index contributed by atoms with van der Waals surface area (Å²) < 4.78 is 0.681. The smallest absolute Gasteiger partial charge is 0.252 e. The van der Waals surface area contributed by atoms with Crippen LogP contribution in [0.25, 0.3) is 0 Å². The number of amides is 2. The first-order chi connectivity index (χ1) is 9.45. The van der Waals surface area contributed by atoms with E-state index in [0.29, 0.717) is 10.0 Å². The fourth-order valence-electron chi connectivity index (χ4n) is 1.51. The molecule has 1 rings (SSSR count). The molecular weight excluding hydrogens is 324 g/mol. The van der Waals surface area contributed by atoms with Gasteiger partial charge in [-0.2, -0.15) is 0 Å². The maximum Gasteiger partial charge on any atom is 0.252 e. The van der Waals surface area contributed by atoms with E-state index in [4.69, 9.17) is 5.11 Å². The highest BCUT2D eigenvalue weighted by atomic mass is 79.9. The normalized spacial score (nSPS) is 13.4. The molecule has 0 aliphatic rings. The van der Waals surface area contributed by atoms with Crippen LogP contribution >= 0.6 is 15.9 Å². The number of rotatable bonds is 6. The predicted octanol–water partition coefficient (Wildman–Crippen LogP) is 1.31. The van der Waals surface area contributed by atoms with E-state index in [2.05, 4.69) is 26.6 Å². The zero-order chi connectivity index (χ0) is 15.1. The van der Waals surface area contributed by atoms with Crippen molar-refractivity contribution in [1.82, 2.24) is 10.6 Å². The van der Waals surface area contributed by atoms with E-state index in [1.807, 2.05) is 19.9 Å². The van der Waals surface area contributed by atoms with Gasteiger partial charge >= 0.3 is 0 Å². The van der Waals surface area contributed by atoms with Crippen LogP contribution in [0.1, 0.15) is 24.2 Å². The lowest BCUT2D eigenvalue weighted by Gasteiger charge is -2.19. The molecule has 0 spiro atoms. The van der Waals surface area contributed by atoms with Crippen molar-refractivity contribution in [2.24, 2.45) is 5.92 Å². The fourth-order valence-corrected chi connectivity index (χ4v) is 1.97. The SMILES string of the molecule is CC(CO)C(C)NC(=O)CNC(=O)c1ccccc1Br. The fraction of sp³-hybridized carbons (Fsp3) is 0.429. The minimum absolute atomic E-state index is 0.00473. The molecule has 5 nitrogen and oxygen atoms in total. The zero-order valence-corrected chi connectivity index (χ0v) is 13.1. The third-order valence-electron chi connectivity index (χ3n) is 3.06. The number of aliphatic hydroxyl groups is 1. The first-order valence-corrected chi connectivity index (χ1v) is 7.18. The number of aliphatic hydroxyl groups excluding tert-OH is 1. The molecule has 0 aromatic heterocycles. The van der Waals surface area contributed by atoms with E-state index in [-0.39, 0.29) is 36.9 Å². The van der Waals surface area contributed by atoms with Crippen molar-refractivity contribution in [3.8, 4) is 0 Å². The van der Waals surface area contributed by atoms with Crippen LogP contribution in [0.4, 0.5) is 0 Å². The number of benzene rings is 1. The standard InChI is InChI=1S/C14H19BrN2O3/c1-9(8-18)10(2)17-13(19)7-16-14(20)11-5-3-4-6-12(11)15/h3-6,9-10,18H,7-8H2,1-2H3,(H,16,20)(H,17,19).